The second-order valence-electron chi connectivity index (χ2n) is 29.5. The van der Waals surface area contributed by atoms with E-state index in [1.54, 1.807) is 11.3 Å². The Morgan fingerprint density at radius 3 is 1.18 bits per heavy atom. The molecule has 0 amide bonds. The van der Waals surface area contributed by atoms with E-state index in [4.69, 9.17) is 4.42 Å². The van der Waals surface area contributed by atoms with Crippen LogP contribution in [0, 0.1) is 22.7 Å². The van der Waals surface area contributed by atoms with Gasteiger partial charge in [-0.1, -0.05) is 204 Å². The lowest BCUT2D eigenvalue weighted by atomic mass is 9.82. The van der Waals surface area contributed by atoms with Crippen molar-refractivity contribution in [2.45, 2.75) is 105 Å². The van der Waals surface area contributed by atoms with E-state index in [1.807, 2.05) is 0 Å². The van der Waals surface area contributed by atoms with Crippen LogP contribution in [0.15, 0.2) is 199 Å². The van der Waals surface area contributed by atoms with Crippen LogP contribution in [0.4, 0.5) is 0 Å². The van der Waals surface area contributed by atoms with E-state index in [9.17, 15) is 10.5 Å². The molecule has 0 saturated heterocycles. The van der Waals surface area contributed by atoms with Gasteiger partial charge < -0.3 is 22.7 Å². The Bertz CT molecular complexity index is 5940. The molecule has 17 rings (SSSR count). The first-order valence-corrected chi connectivity index (χ1v) is 32.9. The van der Waals surface area contributed by atoms with E-state index < -0.39 is 0 Å². The number of benzene rings is 11. The molecule has 0 unspecified atom stereocenters. The topological polar surface area (TPSA) is 80.4 Å². The summed E-state index contributed by atoms with van der Waals surface area (Å²) in [6, 6.07) is 76.4. The summed E-state index contributed by atoms with van der Waals surface area (Å²) < 4.78 is 19.2. The van der Waals surface area contributed by atoms with Crippen molar-refractivity contribution < 1.29 is 4.42 Å². The molecule has 8 heteroatoms. The van der Waals surface area contributed by atoms with Crippen LogP contribution in [-0.2, 0) is 21.7 Å². The van der Waals surface area contributed by atoms with Crippen molar-refractivity contribution in [3.63, 3.8) is 0 Å². The fourth-order valence-corrected chi connectivity index (χ4v) is 16.7. The molecule has 7 nitrogen and oxygen atoms in total. The van der Waals surface area contributed by atoms with Crippen LogP contribution in [0.25, 0.3) is 152 Å². The lowest BCUT2D eigenvalue weighted by Gasteiger charge is -2.27. The van der Waals surface area contributed by atoms with Crippen molar-refractivity contribution >= 4 is 141 Å². The van der Waals surface area contributed by atoms with Gasteiger partial charge in [0, 0.05) is 69.3 Å². The van der Waals surface area contributed by atoms with Crippen LogP contribution >= 0.6 is 11.3 Å². The van der Waals surface area contributed by atoms with E-state index in [-0.39, 0.29) is 21.7 Å². The number of nitrogens with zero attached hydrogens (tertiary/aromatic N) is 6. The van der Waals surface area contributed by atoms with Gasteiger partial charge in [0.2, 0.25) is 0 Å². The minimum absolute atomic E-state index is 0.198. The lowest BCUT2D eigenvalue weighted by molar-refractivity contribution is 0.591. The average molecular weight is 1210 g/mol. The van der Waals surface area contributed by atoms with Gasteiger partial charge in [-0.25, -0.2) is 0 Å². The summed E-state index contributed by atoms with van der Waals surface area (Å²) in [5.41, 5.74) is 15.8. The van der Waals surface area contributed by atoms with Crippen molar-refractivity contribution in [2.75, 3.05) is 0 Å². The summed E-state index contributed by atoms with van der Waals surface area (Å²) in [5.74, 6) is 0. The zero-order valence-electron chi connectivity index (χ0n) is 54.0. The molecule has 11 aromatic carbocycles. The third kappa shape index (κ3) is 7.65. The number of hydrogen-bond donors (Lipinski definition) is 0. The predicted octanol–water partition coefficient (Wildman–Crippen LogP) is 23.3. The molecule has 0 aliphatic carbocycles. The maximum Gasteiger partial charge on any atom is 0.160 e. The van der Waals surface area contributed by atoms with Crippen molar-refractivity contribution in [3.8, 4) is 34.9 Å². The highest BCUT2D eigenvalue weighted by molar-refractivity contribution is 7.26. The Morgan fingerprint density at radius 1 is 0.337 bits per heavy atom. The van der Waals surface area contributed by atoms with E-state index in [2.05, 4.69) is 308 Å². The first-order valence-electron chi connectivity index (χ1n) is 32.0. The van der Waals surface area contributed by atoms with Gasteiger partial charge in [-0.3, -0.25) is 0 Å². The van der Waals surface area contributed by atoms with Crippen LogP contribution in [0.2, 0.25) is 0 Å². The first-order chi connectivity index (χ1) is 44.1. The summed E-state index contributed by atoms with van der Waals surface area (Å²) in [4.78, 5) is 0. The molecule has 92 heavy (non-hydrogen) atoms. The maximum absolute atomic E-state index is 13.2. The van der Waals surface area contributed by atoms with E-state index in [0.717, 1.165) is 114 Å². The maximum atomic E-state index is 13.2. The highest BCUT2D eigenvalue weighted by Crippen LogP contribution is 2.54. The summed E-state index contributed by atoms with van der Waals surface area (Å²) in [7, 11) is 0. The molecule has 0 spiro atoms. The molecule has 0 saturated carbocycles. The van der Waals surface area contributed by atoms with Gasteiger partial charge in [-0.15, -0.1) is 11.3 Å². The molecule has 0 radical (unpaired) electrons. The van der Waals surface area contributed by atoms with Crippen LogP contribution in [0.1, 0.15) is 116 Å². The first kappa shape index (κ1) is 55.7. The number of furan rings is 1. The van der Waals surface area contributed by atoms with Crippen LogP contribution in [-0.4, -0.2) is 18.3 Å². The normalized spacial score (nSPS) is 13.0. The Kier molecular flexibility index (Phi) is 11.6. The lowest BCUT2D eigenvalue weighted by Crippen LogP contribution is -2.17. The predicted molar refractivity (Wildman–Crippen MR) is 388 cm³/mol. The standard InChI is InChI=1S/C84H68N6OS/c1-81(2,3)47-38-40-68-55(41-47)57-43-61(83(7,8)9)71-53-29-17-23-35-69(53)91-79(71)76(57)90(68)78-74(87-63-31-19-13-25-49(63)50-26-14-20-32-64(50)87)59(45-85)73(60(46-86)75(78)88-65-33-21-15-27-51(65)52-28-16-22-34-66(52)88)89-67-39-37-48(82(4,5)6)42-56(67)58-44-62(84(10,11)12)72-54-30-18-24-36-70(54)92-80(72)77(58)89/h13-44H,1-12H3. The monoisotopic (exact) mass is 1210 g/mol. The van der Waals surface area contributed by atoms with Crippen molar-refractivity contribution in [3.05, 3.63) is 228 Å². The number of hydrogen-bond acceptors (Lipinski definition) is 4. The number of rotatable bonds is 4. The van der Waals surface area contributed by atoms with Gasteiger partial charge in [0.15, 0.2) is 5.58 Å². The number of fused-ring (bicyclic) bond motifs is 20. The minimum atomic E-state index is -0.315. The number of aromatic nitrogens is 4. The summed E-state index contributed by atoms with van der Waals surface area (Å²) in [6.07, 6.45) is 0. The van der Waals surface area contributed by atoms with Crippen LogP contribution < -0.4 is 0 Å². The van der Waals surface area contributed by atoms with Gasteiger partial charge in [-0.2, -0.15) is 10.5 Å². The molecule has 0 N–H and O–H groups in total. The van der Waals surface area contributed by atoms with Gasteiger partial charge in [-0.05, 0) is 117 Å². The summed E-state index contributed by atoms with van der Waals surface area (Å²) >= 11 is 1.79. The summed E-state index contributed by atoms with van der Waals surface area (Å²) in [6.45, 7) is 27.5. The van der Waals surface area contributed by atoms with Crippen molar-refractivity contribution in [1.82, 2.24) is 18.3 Å². The number of nitriles is 2. The number of para-hydroxylation sites is 5. The average Bonchev–Trinajstić information content (AvgIpc) is 1.48. The highest BCUT2D eigenvalue weighted by Gasteiger charge is 2.38. The fraction of sp³-hybridized carbons (Fsp3) is 0.190. The Labute approximate surface area is 537 Å². The third-order valence-electron chi connectivity index (χ3n) is 19.8. The zero-order valence-corrected chi connectivity index (χ0v) is 54.8. The van der Waals surface area contributed by atoms with Gasteiger partial charge in [0.1, 0.15) is 28.8 Å². The number of thiophene rings is 1. The fourth-order valence-electron chi connectivity index (χ4n) is 15.5. The van der Waals surface area contributed by atoms with E-state index >= 15 is 0 Å². The van der Waals surface area contributed by atoms with Crippen molar-refractivity contribution in [2.24, 2.45) is 0 Å². The third-order valence-corrected chi connectivity index (χ3v) is 20.9. The molecule has 6 aromatic heterocycles. The Hall–Kier alpha value is -10.4. The molecule has 0 fully saturated rings. The molecule has 0 atom stereocenters. The summed E-state index contributed by atoms with van der Waals surface area (Å²) in [5, 5.41) is 39.3. The van der Waals surface area contributed by atoms with Crippen molar-refractivity contribution in [1.29, 1.82) is 10.5 Å². The molecule has 0 aliphatic heterocycles. The molecule has 17 aromatic rings. The molecule has 0 bridgehead atoms. The Morgan fingerprint density at radius 2 is 0.728 bits per heavy atom. The van der Waals surface area contributed by atoms with Crippen LogP contribution in [0.3, 0.4) is 0 Å². The van der Waals surface area contributed by atoms with Crippen LogP contribution in [0.5, 0.6) is 0 Å². The largest absolute Gasteiger partial charge is 0.454 e. The zero-order chi connectivity index (χ0) is 63.4. The second-order valence-corrected chi connectivity index (χ2v) is 30.5. The van der Waals surface area contributed by atoms with Gasteiger partial charge >= 0.3 is 0 Å². The highest BCUT2D eigenvalue weighted by atomic mass is 32.1. The molecule has 6 heterocycles. The second kappa shape index (κ2) is 19.1. The minimum Gasteiger partial charge on any atom is -0.454 e. The van der Waals surface area contributed by atoms with Gasteiger partial charge in [0.05, 0.1) is 71.6 Å². The van der Waals surface area contributed by atoms with Gasteiger partial charge in [0.25, 0.3) is 0 Å². The van der Waals surface area contributed by atoms with E-state index in [1.165, 1.54) is 37.7 Å². The molecule has 0 aliphatic rings. The smallest absolute Gasteiger partial charge is 0.160 e. The Balaban J connectivity index is 1.22. The molecule has 446 valence electrons. The molecular weight excluding hydrogens is 1140 g/mol. The molecular formula is C84H68N6OS. The quantitative estimate of drug-likeness (QED) is 0.176. The SMILES string of the molecule is CC(C)(C)c1ccc2c(c1)c1cc(C(C)(C)C)c3c4ccccc4oc3c1n2-c1c(-n2c3ccccc3c3ccccc32)c(C#N)c(-n2c3ccc(C(C)(C)C)cc3c3cc(C(C)(C)C)c4c5ccccc5sc4c32)c(C#N)c1-n1c2ccccc2c2ccccc21. The van der Waals surface area contributed by atoms with E-state index in [0.29, 0.717) is 33.9 Å².